The van der Waals surface area contributed by atoms with E-state index in [9.17, 15) is 0 Å². The van der Waals surface area contributed by atoms with Crippen LogP contribution in [0.3, 0.4) is 0 Å². The monoisotopic (exact) mass is 223 g/mol. The molecule has 0 spiro atoms. The van der Waals surface area contributed by atoms with Gasteiger partial charge in [-0.2, -0.15) is 0 Å². The van der Waals surface area contributed by atoms with Crippen molar-refractivity contribution >= 4 is 11.3 Å². The maximum Gasteiger partial charge on any atom is 0.0451 e. The molecule has 0 bridgehead atoms. The molecule has 0 saturated heterocycles. The minimum absolute atomic E-state index is 0.449. The standard InChI is InChI=1S/C13H21NS/c1-12(2)11(13(12,3)4)10(14-5)9-7-6-8-15-9/h6-8,10-11,14H,1-5H3. The quantitative estimate of drug-likeness (QED) is 0.824. The first-order chi connectivity index (χ1) is 6.93. The molecule has 0 aliphatic heterocycles. The van der Waals surface area contributed by atoms with Crippen molar-refractivity contribution in [3.8, 4) is 0 Å². The highest BCUT2D eigenvalue weighted by Crippen LogP contribution is 2.72. The number of hydrogen-bond acceptors (Lipinski definition) is 2. The molecule has 2 rings (SSSR count). The summed E-state index contributed by atoms with van der Waals surface area (Å²) in [5.74, 6) is 0.744. The normalized spacial score (nSPS) is 25.1. The van der Waals surface area contributed by atoms with Gasteiger partial charge in [0.2, 0.25) is 0 Å². The summed E-state index contributed by atoms with van der Waals surface area (Å²) in [6.45, 7) is 9.54. The molecule has 1 heterocycles. The zero-order chi connectivity index (χ0) is 11.3. The Hall–Kier alpha value is -0.340. The van der Waals surface area contributed by atoms with E-state index in [1.165, 1.54) is 4.88 Å². The molecule has 1 nitrogen and oxygen atoms in total. The van der Waals surface area contributed by atoms with Crippen molar-refractivity contribution in [1.82, 2.24) is 5.32 Å². The van der Waals surface area contributed by atoms with Crippen molar-refractivity contribution in [3.05, 3.63) is 22.4 Å². The molecular formula is C13H21NS. The fourth-order valence-corrected chi connectivity index (χ4v) is 3.89. The topological polar surface area (TPSA) is 12.0 Å². The summed E-state index contributed by atoms with van der Waals surface area (Å²) >= 11 is 1.86. The lowest BCUT2D eigenvalue weighted by atomic mass is 10.0. The van der Waals surface area contributed by atoms with E-state index in [-0.39, 0.29) is 0 Å². The SMILES string of the molecule is CNC(c1cccs1)C1C(C)(C)C1(C)C. The Labute approximate surface area is 96.9 Å². The van der Waals surface area contributed by atoms with E-state index in [0.717, 1.165) is 5.92 Å². The van der Waals surface area contributed by atoms with E-state index in [1.54, 1.807) is 0 Å². The molecule has 15 heavy (non-hydrogen) atoms. The summed E-state index contributed by atoms with van der Waals surface area (Å²) in [5.41, 5.74) is 0.898. The van der Waals surface area contributed by atoms with Gasteiger partial charge in [0.25, 0.3) is 0 Å². The molecule has 1 atom stereocenters. The van der Waals surface area contributed by atoms with Crippen LogP contribution < -0.4 is 5.32 Å². The molecule has 1 aliphatic carbocycles. The Morgan fingerprint density at radius 2 is 1.87 bits per heavy atom. The highest BCUT2D eigenvalue weighted by Gasteiger charge is 2.67. The Morgan fingerprint density at radius 3 is 2.20 bits per heavy atom. The summed E-state index contributed by atoms with van der Waals surface area (Å²) in [5, 5.41) is 5.66. The van der Waals surface area contributed by atoms with Crippen molar-refractivity contribution in [3.63, 3.8) is 0 Å². The maximum absolute atomic E-state index is 3.49. The van der Waals surface area contributed by atoms with Crippen LogP contribution in [0.5, 0.6) is 0 Å². The van der Waals surface area contributed by atoms with Gasteiger partial charge in [0.1, 0.15) is 0 Å². The van der Waals surface area contributed by atoms with E-state index in [1.807, 2.05) is 11.3 Å². The second-order valence-electron chi connectivity index (χ2n) is 5.70. The van der Waals surface area contributed by atoms with Crippen LogP contribution in [0.2, 0.25) is 0 Å². The molecule has 1 unspecified atom stereocenters. The lowest BCUT2D eigenvalue weighted by Crippen LogP contribution is -2.20. The van der Waals surface area contributed by atoms with Crippen LogP contribution in [0, 0.1) is 16.7 Å². The number of nitrogens with one attached hydrogen (secondary N) is 1. The van der Waals surface area contributed by atoms with Crippen LogP contribution in [0.15, 0.2) is 17.5 Å². The number of hydrogen-bond donors (Lipinski definition) is 1. The summed E-state index contributed by atoms with van der Waals surface area (Å²) < 4.78 is 0. The number of rotatable bonds is 3. The fourth-order valence-electron chi connectivity index (χ4n) is 3.02. The van der Waals surface area contributed by atoms with Crippen LogP contribution in [0.25, 0.3) is 0 Å². The van der Waals surface area contributed by atoms with Gasteiger partial charge in [0.15, 0.2) is 0 Å². The summed E-state index contributed by atoms with van der Waals surface area (Å²) in [7, 11) is 2.08. The second-order valence-corrected chi connectivity index (χ2v) is 6.68. The summed E-state index contributed by atoms with van der Waals surface area (Å²) in [6.07, 6.45) is 0. The van der Waals surface area contributed by atoms with Gasteiger partial charge < -0.3 is 5.32 Å². The molecule has 0 radical (unpaired) electrons. The van der Waals surface area contributed by atoms with Crippen molar-refractivity contribution in [2.45, 2.75) is 33.7 Å². The van der Waals surface area contributed by atoms with Gasteiger partial charge in [-0.1, -0.05) is 33.8 Å². The van der Waals surface area contributed by atoms with Crippen molar-refractivity contribution in [1.29, 1.82) is 0 Å². The van der Waals surface area contributed by atoms with E-state index in [4.69, 9.17) is 0 Å². The largest absolute Gasteiger partial charge is 0.312 e. The predicted molar refractivity (Wildman–Crippen MR) is 67.2 cm³/mol. The average Bonchev–Trinajstić information content (AvgIpc) is 2.63. The molecule has 1 aliphatic rings. The van der Waals surface area contributed by atoms with E-state index in [2.05, 4.69) is 57.6 Å². The zero-order valence-electron chi connectivity index (χ0n) is 10.3. The second kappa shape index (κ2) is 3.33. The molecule has 1 aromatic rings. The maximum atomic E-state index is 3.49. The lowest BCUT2D eigenvalue weighted by Gasteiger charge is -2.16. The molecule has 1 aromatic heterocycles. The Balaban J connectivity index is 2.25. The molecule has 1 fully saturated rings. The average molecular weight is 223 g/mol. The molecule has 1 N–H and O–H groups in total. The van der Waals surface area contributed by atoms with E-state index < -0.39 is 0 Å². The predicted octanol–water partition coefficient (Wildman–Crippen LogP) is 3.69. The molecular weight excluding hydrogens is 202 g/mol. The van der Waals surface area contributed by atoms with Crippen LogP contribution in [-0.4, -0.2) is 7.05 Å². The molecule has 0 amide bonds. The fraction of sp³-hybridized carbons (Fsp3) is 0.692. The lowest BCUT2D eigenvalue weighted by molar-refractivity contribution is 0.444. The smallest absolute Gasteiger partial charge is 0.0451 e. The molecule has 2 heteroatoms. The first-order valence-electron chi connectivity index (χ1n) is 5.63. The minimum atomic E-state index is 0.449. The summed E-state index contributed by atoms with van der Waals surface area (Å²) in [4.78, 5) is 1.47. The van der Waals surface area contributed by atoms with E-state index in [0.29, 0.717) is 16.9 Å². The Morgan fingerprint density at radius 1 is 1.27 bits per heavy atom. The molecule has 84 valence electrons. The van der Waals surface area contributed by atoms with Gasteiger partial charge in [-0.3, -0.25) is 0 Å². The van der Waals surface area contributed by atoms with Crippen LogP contribution >= 0.6 is 11.3 Å². The first-order valence-corrected chi connectivity index (χ1v) is 6.51. The van der Waals surface area contributed by atoms with E-state index >= 15 is 0 Å². The third-order valence-corrected chi connectivity index (χ3v) is 5.58. The Bertz CT molecular complexity index is 323. The van der Waals surface area contributed by atoms with Gasteiger partial charge in [-0.15, -0.1) is 11.3 Å². The molecule has 0 aromatic carbocycles. The third kappa shape index (κ3) is 1.46. The van der Waals surface area contributed by atoms with Crippen molar-refractivity contribution < 1.29 is 0 Å². The van der Waals surface area contributed by atoms with Gasteiger partial charge in [-0.25, -0.2) is 0 Å². The zero-order valence-corrected chi connectivity index (χ0v) is 11.1. The van der Waals surface area contributed by atoms with Crippen LogP contribution in [-0.2, 0) is 0 Å². The summed E-state index contributed by atoms with van der Waals surface area (Å²) in [6, 6.07) is 4.92. The highest BCUT2D eigenvalue weighted by atomic mass is 32.1. The van der Waals surface area contributed by atoms with Crippen molar-refractivity contribution in [2.24, 2.45) is 16.7 Å². The van der Waals surface area contributed by atoms with Gasteiger partial charge in [-0.05, 0) is 35.2 Å². The third-order valence-electron chi connectivity index (χ3n) is 4.63. The van der Waals surface area contributed by atoms with Crippen LogP contribution in [0.4, 0.5) is 0 Å². The Kier molecular flexibility index (Phi) is 2.47. The highest BCUT2D eigenvalue weighted by molar-refractivity contribution is 7.10. The van der Waals surface area contributed by atoms with Gasteiger partial charge >= 0.3 is 0 Å². The van der Waals surface area contributed by atoms with Gasteiger partial charge in [0.05, 0.1) is 0 Å². The molecule has 1 saturated carbocycles. The van der Waals surface area contributed by atoms with Gasteiger partial charge in [0, 0.05) is 10.9 Å². The van der Waals surface area contributed by atoms with Crippen molar-refractivity contribution in [2.75, 3.05) is 7.05 Å². The first kappa shape index (κ1) is 11.2. The number of thiophene rings is 1. The minimum Gasteiger partial charge on any atom is -0.312 e. The van der Waals surface area contributed by atoms with Crippen LogP contribution in [0.1, 0.15) is 38.6 Å².